The number of rotatable bonds is 4. The third kappa shape index (κ3) is 3.51. The Labute approximate surface area is 193 Å². The number of benzene rings is 3. The van der Waals surface area contributed by atoms with Crippen LogP contribution in [0.25, 0.3) is 10.8 Å². The van der Waals surface area contributed by atoms with Gasteiger partial charge in [-0.1, -0.05) is 48.5 Å². The fourth-order valence-electron chi connectivity index (χ4n) is 5.38. The lowest BCUT2D eigenvalue weighted by molar-refractivity contribution is -0.146. The fourth-order valence-corrected chi connectivity index (χ4v) is 5.38. The molecule has 2 aliphatic heterocycles. The van der Waals surface area contributed by atoms with Crippen LogP contribution in [0.15, 0.2) is 60.7 Å². The molecule has 0 unspecified atom stereocenters. The summed E-state index contributed by atoms with van der Waals surface area (Å²) in [5.74, 6) is -1.87. The largest absolute Gasteiger partial charge is 0.469 e. The standard InChI is InChI=1S/C25H26BN3O4/c1-14-8-4-5-11-16(14)22-20(24(30)32-2)21(23(27-22)25(31)33-3)26-28-17-12-6-9-15-10-7-13-18(29-26)19(15)17/h4-13,20-23,27-29H,1-3H3/t20-,21-,22-,23-/m0/s1. The Morgan fingerprint density at radius 3 is 2.09 bits per heavy atom. The average Bonchev–Trinajstić information content (AvgIpc) is 3.24. The third-order valence-electron chi connectivity index (χ3n) is 6.88. The fraction of sp³-hybridized carbons (Fsp3) is 0.280. The normalized spacial score (nSPS) is 23.5. The van der Waals surface area contributed by atoms with Crippen LogP contribution in [0, 0.1) is 12.8 Å². The van der Waals surface area contributed by atoms with E-state index < -0.39 is 36.8 Å². The molecule has 0 aromatic heterocycles. The lowest BCUT2D eigenvalue weighted by Gasteiger charge is -2.33. The number of anilines is 2. The van der Waals surface area contributed by atoms with Crippen molar-refractivity contribution in [2.24, 2.45) is 5.92 Å². The number of carbonyl (C=O) groups is 2. The molecule has 2 aliphatic rings. The van der Waals surface area contributed by atoms with Crippen molar-refractivity contribution >= 4 is 41.1 Å². The SMILES string of the molecule is COC(=O)[C@H]1[C@H](B2Nc3cccc4cccc(c34)N2)[C@@H](C(=O)OC)N[C@H]1c1ccccc1C. The second-order valence-electron chi connectivity index (χ2n) is 8.60. The van der Waals surface area contributed by atoms with Gasteiger partial charge in [0.05, 0.1) is 20.1 Å². The molecular formula is C25H26BN3O4. The summed E-state index contributed by atoms with van der Waals surface area (Å²) >= 11 is 0. The van der Waals surface area contributed by atoms with Crippen molar-refractivity contribution < 1.29 is 19.1 Å². The van der Waals surface area contributed by atoms with Crippen LogP contribution in [-0.2, 0) is 19.1 Å². The molecule has 3 N–H and O–H groups in total. The Morgan fingerprint density at radius 2 is 1.48 bits per heavy atom. The number of ether oxygens (including phenoxy) is 2. The maximum absolute atomic E-state index is 13.2. The summed E-state index contributed by atoms with van der Waals surface area (Å²) in [6, 6.07) is 18.9. The van der Waals surface area contributed by atoms with Gasteiger partial charge in [-0.3, -0.25) is 14.9 Å². The van der Waals surface area contributed by atoms with Crippen molar-refractivity contribution in [1.29, 1.82) is 0 Å². The quantitative estimate of drug-likeness (QED) is 0.420. The Hall–Kier alpha value is -3.52. The third-order valence-corrected chi connectivity index (χ3v) is 6.88. The first-order valence-corrected chi connectivity index (χ1v) is 11.1. The Morgan fingerprint density at radius 1 is 0.848 bits per heavy atom. The van der Waals surface area contributed by atoms with Gasteiger partial charge in [0.15, 0.2) is 0 Å². The minimum atomic E-state index is -0.710. The summed E-state index contributed by atoms with van der Waals surface area (Å²) in [7, 11) is 2.75. The zero-order valence-electron chi connectivity index (χ0n) is 18.8. The molecule has 1 saturated heterocycles. The molecule has 0 amide bonds. The highest BCUT2D eigenvalue weighted by Gasteiger charge is 2.57. The van der Waals surface area contributed by atoms with Crippen LogP contribution in [0.5, 0.6) is 0 Å². The van der Waals surface area contributed by atoms with E-state index in [2.05, 4.69) is 27.9 Å². The smallest absolute Gasteiger partial charge is 0.376 e. The van der Waals surface area contributed by atoms with E-state index in [4.69, 9.17) is 9.47 Å². The summed E-state index contributed by atoms with van der Waals surface area (Å²) in [5, 5.41) is 12.7. The molecule has 0 radical (unpaired) electrons. The first-order valence-electron chi connectivity index (χ1n) is 11.1. The van der Waals surface area contributed by atoms with E-state index in [9.17, 15) is 9.59 Å². The zero-order valence-corrected chi connectivity index (χ0v) is 18.8. The van der Waals surface area contributed by atoms with E-state index in [-0.39, 0.29) is 5.97 Å². The number of methoxy groups -OCH3 is 2. The van der Waals surface area contributed by atoms with E-state index >= 15 is 0 Å². The molecule has 0 aliphatic carbocycles. The Bertz CT molecular complexity index is 1190. The number of hydrogen-bond donors (Lipinski definition) is 3. The molecule has 168 valence electrons. The van der Waals surface area contributed by atoms with E-state index in [1.165, 1.54) is 14.2 Å². The summed E-state index contributed by atoms with van der Waals surface area (Å²) in [4.78, 5) is 26.1. The van der Waals surface area contributed by atoms with Gasteiger partial charge in [-0.25, -0.2) is 0 Å². The van der Waals surface area contributed by atoms with E-state index in [0.29, 0.717) is 0 Å². The number of aryl methyl sites for hydroxylation is 1. The van der Waals surface area contributed by atoms with Gasteiger partial charge in [-0.15, -0.1) is 0 Å². The van der Waals surface area contributed by atoms with Gasteiger partial charge in [-0.2, -0.15) is 0 Å². The molecule has 3 aromatic carbocycles. The lowest BCUT2D eigenvalue weighted by atomic mass is 9.53. The average molecular weight is 443 g/mol. The molecule has 2 heterocycles. The molecule has 8 heteroatoms. The predicted octanol–water partition coefficient (Wildman–Crippen LogP) is 3.52. The van der Waals surface area contributed by atoms with Gasteiger partial charge in [-0.05, 0) is 35.6 Å². The summed E-state index contributed by atoms with van der Waals surface area (Å²) < 4.78 is 10.4. The van der Waals surface area contributed by atoms with Gasteiger partial charge in [0, 0.05) is 28.6 Å². The molecule has 4 atom stereocenters. The molecule has 33 heavy (non-hydrogen) atoms. The number of hydrogen-bond acceptors (Lipinski definition) is 7. The number of esters is 2. The van der Waals surface area contributed by atoms with E-state index in [1.807, 2.05) is 55.5 Å². The summed E-state index contributed by atoms with van der Waals surface area (Å²) in [5.41, 5.74) is 3.91. The first kappa shape index (κ1) is 21.3. The van der Waals surface area contributed by atoms with E-state index in [0.717, 1.165) is 33.3 Å². The molecule has 0 bridgehead atoms. The summed E-state index contributed by atoms with van der Waals surface area (Å²) in [6.07, 6.45) is 0. The molecule has 5 rings (SSSR count). The molecule has 3 aromatic rings. The topological polar surface area (TPSA) is 88.7 Å². The highest BCUT2D eigenvalue weighted by atomic mass is 16.5. The Kier molecular flexibility index (Phi) is 5.46. The highest BCUT2D eigenvalue weighted by Crippen LogP contribution is 2.47. The van der Waals surface area contributed by atoms with Crippen molar-refractivity contribution in [1.82, 2.24) is 5.32 Å². The van der Waals surface area contributed by atoms with Gasteiger partial charge in [0.25, 0.3) is 0 Å². The van der Waals surface area contributed by atoms with Gasteiger partial charge < -0.3 is 19.9 Å². The maximum atomic E-state index is 13.2. The zero-order chi connectivity index (χ0) is 23.1. The minimum absolute atomic E-state index is 0.368. The van der Waals surface area contributed by atoms with Crippen LogP contribution in [0.3, 0.4) is 0 Å². The van der Waals surface area contributed by atoms with Crippen LogP contribution >= 0.6 is 0 Å². The molecule has 7 nitrogen and oxygen atoms in total. The predicted molar refractivity (Wildman–Crippen MR) is 129 cm³/mol. The molecule has 1 fully saturated rings. The summed E-state index contributed by atoms with van der Waals surface area (Å²) in [6.45, 7) is 1.60. The molecule has 0 saturated carbocycles. The van der Waals surface area contributed by atoms with Crippen molar-refractivity contribution in [3.8, 4) is 0 Å². The number of carbonyl (C=O) groups excluding carboxylic acids is 2. The van der Waals surface area contributed by atoms with Gasteiger partial charge in [0.2, 0.25) is 0 Å². The molecule has 0 spiro atoms. The van der Waals surface area contributed by atoms with Crippen LogP contribution in [0.2, 0.25) is 5.82 Å². The van der Waals surface area contributed by atoms with E-state index in [1.54, 1.807) is 0 Å². The maximum Gasteiger partial charge on any atom is 0.376 e. The van der Waals surface area contributed by atoms with Crippen molar-refractivity contribution in [3.63, 3.8) is 0 Å². The van der Waals surface area contributed by atoms with Crippen LogP contribution in [0.1, 0.15) is 17.2 Å². The number of nitrogens with one attached hydrogen (secondary N) is 3. The molecular weight excluding hydrogens is 417 g/mol. The minimum Gasteiger partial charge on any atom is -0.469 e. The van der Waals surface area contributed by atoms with Crippen molar-refractivity contribution in [3.05, 3.63) is 71.8 Å². The second-order valence-corrected chi connectivity index (χ2v) is 8.60. The van der Waals surface area contributed by atoms with Crippen LogP contribution in [0.4, 0.5) is 11.4 Å². The lowest BCUT2D eigenvalue weighted by Crippen LogP contribution is -2.50. The monoisotopic (exact) mass is 443 g/mol. The van der Waals surface area contributed by atoms with Crippen LogP contribution in [-0.4, -0.2) is 39.2 Å². The van der Waals surface area contributed by atoms with Crippen molar-refractivity contribution in [2.45, 2.75) is 24.8 Å². The Balaban J connectivity index is 1.60. The first-order chi connectivity index (χ1) is 16.0. The van der Waals surface area contributed by atoms with Crippen LogP contribution < -0.4 is 15.8 Å². The highest BCUT2D eigenvalue weighted by molar-refractivity contribution is 6.70. The van der Waals surface area contributed by atoms with Gasteiger partial charge >= 0.3 is 18.9 Å². The second kappa shape index (κ2) is 8.44. The van der Waals surface area contributed by atoms with Crippen molar-refractivity contribution in [2.75, 3.05) is 24.7 Å². The van der Waals surface area contributed by atoms with Gasteiger partial charge in [0.1, 0.15) is 6.04 Å².